The van der Waals surface area contributed by atoms with Crippen molar-refractivity contribution in [1.29, 1.82) is 5.26 Å². The zero-order valence-corrected chi connectivity index (χ0v) is 5.90. The molecule has 1 heterocycles. The summed E-state index contributed by atoms with van der Waals surface area (Å²) >= 11 is 0. The van der Waals surface area contributed by atoms with Crippen molar-refractivity contribution in [3.05, 3.63) is 23.8 Å². The molecular weight excluding hydrogens is 162 g/mol. The van der Waals surface area contributed by atoms with Gasteiger partial charge >= 0.3 is 7.12 Å². The number of rotatable bonds is 1. The van der Waals surface area contributed by atoms with E-state index in [2.05, 4.69) is 4.98 Å². The van der Waals surface area contributed by atoms with Crippen LogP contribution in [-0.4, -0.2) is 22.2 Å². The van der Waals surface area contributed by atoms with E-state index in [0.717, 1.165) is 12.3 Å². The molecule has 12 heavy (non-hydrogen) atoms. The van der Waals surface area contributed by atoms with Gasteiger partial charge in [-0.2, -0.15) is 9.65 Å². The molecule has 0 saturated carbocycles. The first-order valence-corrected chi connectivity index (χ1v) is 3.07. The van der Waals surface area contributed by atoms with E-state index in [-0.39, 0.29) is 5.56 Å². The van der Waals surface area contributed by atoms with Gasteiger partial charge in [-0.3, -0.25) is 0 Å². The van der Waals surface area contributed by atoms with Crippen molar-refractivity contribution in [2.75, 3.05) is 0 Å². The quantitative estimate of drug-likeness (QED) is 0.404. The molecule has 6 heteroatoms. The van der Waals surface area contributed by atoms with Gasteiger partial charge in [0, 0.05) is 11.7 Å². The maximum atomic E-state index is 12.6. The smallest absolute Gasteiger partial charge is 0.423 e. The third-order valence-electron chi connectivity index (χ3n) is 1.27. The molecule has 4 nitrogen and oxygen atoms in total. The van der Waals surface area contributed by atoms with Crippen molar-refractivity contribution >= 4 is 12.6 Å². The zero-order valence-electron chi connectivity index (χ0n) is 5.90. The highest BCUT2D eigenvalue weighted by atomic mass is 19.1. The third kappa shape index (κ3) is 1.58. The fraction of sp³-hybridized carbons (Fsp3) is 0. The van der Waals surface area contributed by atoms with E-state index < -0.39 is 18.5 Å². The molecule has 0 aromatic carbocycles. The minimum absolute atomic E-state index is 0.0829. The van der Waals surface area contributed by atoms with Crippen LogP contribution in [-0.2, 0) is 0 Å². The number of aromatic nitrogens is 1. The Balaban J connectivity index is 3.19. The van der Waals surface area contributed by atoms with Gasteiger partial charge in [-0.15, -0.1) is 0 Å². The summed E-state index contributed by atoms with van der Waals surface area (Å²) in [6.45, 7) is 0. The van der Waals surface area contributed by atoms with Crippen LogP contribution in [0, 0.1) is 17.3 Å². The van der Waals surface area contributed by atoms with Crippen molar-refractivity contribution in [2.24, 2.45) is 0 Å². The molecule has 0 aliphatic heterocycles. The summed E-state index contributed by atoms with van der Waals surface area (Å²) < 4.78 is 12.6. The Bertz CT molecular complexity index is 337. The standard InChI is InChI=1S/C6H4BFN2O2/c8-6-5(7(11)12)1-4(2-9)3-10-6/h1,3,11-12H. The van der Waals surface area contributed by atoms with Crippen LogP contribution < -0.4 is 5.46 Å². The molecule has 0 radical (unpaired) electrons. The Labute approximate surface area is 68.1 Å². The van der Waals surface area contributed by atoms with Gasteiger partial charge in [0.1, 0.15) is 6.07 Å². The highest BCUT2D eigenvalue weighted by Crippen LogP contribution is 1.95. The first-order chi connectivity index (χ1) is 5.65. The summed E-state index contributed by atoms with van der Waals surface area (Å²) in [5, 5.41) is 25.5. The molecule has 0 fully saturated rings. The van der Waals surface area contributed by atoms with E-state index in [1.54, 1.807) is 6.07 Å². The van der Waals surface area contributed by atoms with Crippen LogP contribution in [0.5, 0.6) is 0 Å². The van der Waals surface area contributed by atoms with Gasteiger partial charge in [-0.1, -0.05) is 0 Å². The maximum Gasteiger partial charge on any atom is 0.493 e. The van der Waals surface area contributed by atoms with Crippen LogP contribution in [0.4, 0.5) is 4.39 Å². The van der Waals surface area contributed by atoms with Gasteiger partial charge in [0.15, 0.2) is 0 Å². The van der Waals surface area contributed by atoms with E-state index in [1.807, 2.05) is 0 Å². The Hall–Kier alpha value is -1.45. The third-order valence-corrected chi connectivity index (χ3v) is 1.27. The zero-order chi connectivity index (χ0) is 9.14. The largest absolute Gasteiger partial charge is 0.493 e. The monoisotopic (exact) mass is 166 g/mol. The van der Waals surface area contributed by atoms with E-state index in [1.165, 1.54) is 0 Å². The highest BCUT2D eigenvalue weighted by Gasteiger charge is 2.17. The molecule has 0 aliphatic carbocycles. The molecule has 0 atom stereocenters. The van der Waals surface area contributed by atoms with Crippen LogP contribution in [0.3, 0.4) is 0 Å². The molecule has 0 saturated heterocycles. The van der Waals surface area contributed by atoms with Gasteiger partial charge in [-0.05, 0) is 6.07 Å². The Morgan fingerprint density at radius 1 is 1.58 bits per heavy atom. The van der Waals surface area contributed by atoms with Crippen LogP contribution in [0.2, 0.25) is 0 Å². The van der Waals surface area contributed by atoms with E-state index in [9.17, 15) is 4.39 Å². The molecule has 0 amide bonds. The Kier molecular flexibility index (Phi) is 2.38. The van der Waals surface area contributed by atoms with Crippen LogP contribution >= 0.6 is 0 Å². The van der Waals surface area contributed by atoms with Gasteiger partial charge in [0.2, 0.25) is 5.95 Å². The summed E-state index contributed by atoms with van der Waals surface area (Å²) in [6.07, 6.45) is 1.02. The second-order valence-corrected chi connectivity index (χ2v) is 2.09. The second-order valence-electron chi connectivity index (χ2n) is 2.09. The van der Waals surface area contributed by atoms with Crippen molar-refractivity contribution in [3.63, 3.8) is 0 Å². The molecular formula is C6H4BFN2O2. The lowest BCUT2D eigenvalue weighted by Crippen LogP contribution is -2.33. The van der Waals surface area contributed by atoms with E-state index >= 15 is 0 Å². The average Bonchev–Trinajstić information content (AvgIpc) is 2.05. The molecule has 2 N–H and O–H groups in total. The van der Waals surface area contributed by atoms with Crippen molar-refractivity contribution in [2.45, 2.75) is 0 Å². The van der Waals surface area contributed by atoms with E-state index in [0.29, 0.717) is 0 Å². The molecule has 0 spiro atoms. The number of nitrogens with zero attached hydrogens (tertiary/aromatic N) is 2. The van der Waals surface area contributed by atoms with Crippen LogP contribution in [0.25, 0.3) is 0 Å². The van der Waals surface area contributed by atoms with Crippen LogP contribution in [0.1, 0.15) is 5.56 Å². The lowest BCUT2D eigenvalue weighted by atomic mass is 9.81. The van der Waals surface area contributed by atoms with Gasteiger partial charge in [-0.25, -0.2) is 4.98 Å². The van der Waals surface area contributed by atoms with Crippen molar-refractivity contribution in [3.8, 4) is 6.07 Å². The molecule has 1 rings (SSSR count). The maximum absolute atomic E-state index is 12.6. The van der Waals surface area contributed by atoms with E-state index in [4.69, 9.17) is 15.3 Å². The van der Waals surface area contributed by atoms with Crippen LogP contribution in [0.15, 0.2) is 12.3 Å². The van der Waals surface area contributed by atoms with Gasteiger partial charge in [0.05, 0.1) is 5.56 Å². The number of halogens is 1. The fourth-order valence-corrected chi connectivity index (χ4v) is 0.707. The summed E-state index contributed by atoms with van der Waals surface area (Å²) in [7, 11) is -1.94. The molecule has 60 valence electrons. The SMILES string of the molecule is N#Cc1cnc(F)c(B(O)O)c1. The molecule has 0 unspecified atom stereocenters. The lowest BCUT2D eigenvalue weighted by Gasteiger charge is -1.99. The predicted molar refractivity (Wildman–Crippen MR) is 38.7 cm³/mol. The second kappa shape index (κ2) is 3.30. The van der Waals surface area contributed by atoms with Crippen molar-refractivity contribution < 1.29 is 14.4 Å². The van der Waals surface area contributed by atoms with Gasteiger partial charge < -0.3 is 10.0 Å². The molecule has 0 aliphatic rings. The summed E-state index contributed by atoms with van der Waals surface area (Å²) in [5.41, 5.74) is -0.312. The topological polar surface area (TPSA) is 77.1 Å². The fourth-order valence-electron chi connectivity index (χ4n) is 0.707. The Morgan fingerprint density at radius 3 is 2.75 bits per heavy atom. The minimum Gasteiger partial charge on any atom is -0.423 e. The summed E-state index contributed by atoms with van der Waals surface area (Å²) in [4.78, 5) is 3.16. The summed E-state index contributed by atoms with van der Waals surface area (Å²) in [5.74, 6) is -0.982. The average molecular weight is 166 g/mol. The molecule has 0 bridgehead atoms. The molecule has 1 aromatic heterocycles. The normalized spacial score (nSPS) is 9.17. The Morgan fingerprint density at radius 2 is 2.25 bits per heavy atom. The number of pyridine rings is 1. The number of hydrogen-bond donors (Lipinski definition) is 2. The predicted octanol–water partition coefficient (Wildman–Crippen LogP) is -1.23. The first-order valence-electron chi connectivity index (χ1n) is 3.07. The number of nitriles is 1. The molecule has 1 aromatic rings. The number of hydrogen-bond acceptors (Lipinski definition) is 4. The van der Waals surface area contributed by atoms with Crippen molar-refractivity contribution in [1.82, 2.24) is 4.98 Å². The van der Waals surface area contributed by atoms with Gasteiger partial charge in [0.25, 0.3) is 0 Å². The highest BCUT2D eigenvalue weighted by molar-refractivity contribution is 6.58. The summed E-state index contributed by atoms with van der Waals surface area (Å²) in [6, 6.07) is 2.73. The minimum atomic E-state index is -1.94. The lowest BCUT2D eigenvalue weighted by molar-refractivity contribution is 0.422. The first kappa shape index (κ1) is 8.65.